The molecule has 0 radical (unpaired) electrons. The molecule has 0 aliphatic heterocycles. The molecule has 2 aromatic heterocycles. The van der Waals surface area contributed by atoms with Crippen LogP contribution in [0.15, 0.2) is 45.9 Å². The molecule has 2 heterocycles. The van der Waals surface area contributed by atoms with E-state index < -0.39 is 11.9 Å². The smallest absolute Gasteiger partial charge is 0.336 e. The fraction of sp³-hybridized carbons (Fsp3) is 0.0667. The monoisotopic (exact) mass is 330 g/mol. The molecule has 8 heteroatoms. The summed E-state index contributed by atoms with van der Waals surface area (Å²) >= 11 is 1.37. The second-order valence-corrected chi connectivity index (χ2v) is 5.72. The zero-order chi connectivity index (χ0) is 16.4. The summed E-state index contributed by atoms with van der Waals surface area (Å²) in [6, 6.07) is 8.03. The molecular weight excluding hydrogens is 320 g/mol. The summed E-state index contributed by atoms with van der Waals surface area (Å²) in [5, 5.41) is 28.1. The molecule has 23 heavy (non-hydrogen) atoms. The van der Waals surface area contributed by atoms with Crippen molar-refractivity contribution in [3.05, 3.63) is 51.7 Å². The van der Waals surface area contributed by atoms with Crippen LogP contribution < -0.4 is 0 Å². The fourth-order valence-electron chi connectivity index (χ4n) is 2.22. The van der Waals surface area contributed by atoms with Gasteiger partial charge >= 0.3 is 11.9 Å². The quantitative estimate of drug-likeness (QED) is 0.691. The summed E-state index contributed by atoms with van der Waals surface area (Å²) in [5.74, 6) is -2.58. The first-order valence-corrected chi connectivity index (χ1v) is 7.39. The molecule has 7 nitrogen and oxygen atoms in total. The van der Waals surface area contributed by atoms with Gasteiger partial charge in [-0.05, 0) is 39.5 Å². The van der Waals surface area contributed by atoms with Gasteiger partial charge in [0.2, 0.25) is 0 Å². The highest BCUT2D eigenvalue weighted by molar-refractivity contribution is 7.09. The standard InChI is InChI=1S/C15H10N2O5S/c18-14(19)10(7-9-2-1-5-23-9)13(15(20)21)8-3-4-11-12(6-8)17-22-16-11/h1-6H,7H2,(H,18,19)(H,20,21). The molecule has 0 saturated carbocycles. The number of aliphatic carboxylic acids is 2. The predicted octanol–water partition coefficient (Wildman–Crippen LogP) is 2.45. The highest BCUT2D eigenvalue weighted by Gasteiger charge is 2.23. The van der Waals surface area contributed by atoms with Crippen molar-refractivity contribution >= 4 is 39.9 Å². The Morgan fingerprint density at radius 3 is 2.52 bits per heavy atom. The average molecular weight is 330 g/mol. The SMILES string of the molecule is O=C(O)C(Cc1cccs1)=C(C(=O)O)c1ccc2nonc2c1. The summed E-state index contributed by atoms with van der Waals surface area (Å²) in [6.07, 6.45) is 0.0315. The molecular formula is C15H10N2O5S. The molecule has 0 bridgehead atoms. The van der Waals surface area contributed by atoms with E-state index in [9.17, 15) is 19.8 Å². The van der Waals surface area contributed by atoms with Crippen LogP contribution in [0.2, 0.25) is 0 Å². The minimum atomic E-state index is -1.31. The zero-order valence-corrected chi connectivity index (χ0v) is 12.4. The maximum Gasteiger partial charge on any atom is 0.336 e. The number of hydrogen-bond donors (Lipinski definition) is 2. The number of nitrogens with zero attached hydrogens (tertiary/aromatic N) is 2. The highest BCUT2D eigenvalue weighted by Crippen LogP contribution is 2.26. The number of carbonyl (C=O) groups is 2. The van der Waals surface area contributed by atoms with E-state index in [0.717, 1.165) is 4.88 Å². The van der Waals surface area contributed by atoms with E-state index in [1.165, 1.54) is 29.5 Å². The normalized spacial score (nSPS) is 12.2. The van der Waals surface area contributed by atoms with E-state index in [0.29, 0.717) is 11.0 Å². The van der Waals surface area contributed by atoms with Gasteiger partial charge < -0.3 is 10.2 Å². The Labute approximate surface area is 133 Å². The largest absolute Gasteiger partial charge is 0.478 e. The molecule has 0 fully saturated rings. The Morgan fingerprint density at radius 2 is 1.87 bits per heavy atom. The first kappa shape index (κ1) is 14.9. The number of carboxylic acid groups (broad SMARTS) is 2. The zero-order valence-electron chi connectivity index (χ0n) is 11.6. The van der Waals surface area contributed by atoms with Crippen LogP contribution in [0.5, 0.6) is 0 Å². The molecule has 3 aromatic rings. The summed E-state index contributed by atoms with van der Waals surface area (Å²) in [6.45, 7) is 0. The summed E-state index contributed by atoms with van der Waals surface area (Å²) in [7, 11) is 0. The summed E-state index contributed by atoms with van der Waals surface area (Å²) in [5.41, 5.74) is 0.622. The van der Waals surface area contributed by atoms with Crippen molar-refractivity contribution in [1.29, 1.82) is 0 Å². The molecule has 0 aliphatic rings. The third kappa shape index (κ3) is 2.97. The van der Waals surface area contributed by atoms with Gasteiger partial charge in [-0.15, -0.1) is 11.3 Å². The lowest BCUT2D eigenvalue weighted by Crippen LogP contribution is -2.12. The molecule has 0 unspecified atom stereocenters. The number of aromatic nitrogens is 2. The van der Waals surface area contributed by atoms with Crippen molar-refractivity contribution in [3.63, 3.8) is 0 Å². The first-order chi connectivity index (χ1) is 11.1. The van der Waals surface area contributed by atoms with E-state index in [-0.39, 0.29) is 23.1 Å². The maximum atomic E-state index is 11.7. The van der Waals surface area contributed by atoms with Crippen molar-refractivity contribution < 1.29 is 24.4 Å². The lowest BCUT2D eigenvalue weighted by atomic mass is 9.97. The summed E-state index contributed by atoms with van der Waals surface area (Å²) in [4.78, 5) is 24.0. The van der Waals surface area contributed by atoms with Crippen molar-refractivity contribution in [1.82, 2.24) is 10.3 Å². The lowest BCUT2D eigenvalue weighted by molar-refractivity contribution is -0.134. The molecule has 0 spiro atoms. The van der Waals surface area contributed by atoms with Crippen LogP contribution >= 0.6 is 11.3 Å². The van der Waals surface area contributed by atoms with Crippen molar-refractivity contribution in [2.75, 3.05) is 0 Å². The minimum absolute atomic E-state index is 0.0315. The number of benzene rings is 1. The Kier molecular flexibility index (Phi) is 3.90. The lowest BCUT2D eigenvalue weighted by Gasteiger charge is -2.08. The number of carboxylic acids is 2. The highest BCUT2D eigenvalue weighted by atomic mass is 32.1. The van der Waals surface area contributed by atoms with Crippen molar-refractivity contribution in [2.45, 2.75) is 6.42 Å². The molecule has 3 rings (SSSR count). The first-order valence-electron chi connectivity index (χ1n) is 6.51. The Bertz CT molecular complexity index is 911. The Morgan fingerprint density at radius 1 is 1.09 bits per heavy atom. The number of thiophene rings is 1. The van der Waals surface area contributed by atoms with Gasteiger partial charge in [0.1, 0.15) is 11.0 Å². The van der Waals surface area contributed by atoms with Crippen LogP contribution in [-0.4, -0.2) is 32.5 Å². The molecule has 116 valence electrons. The average Bonchev–Trinajstić information content (AvgIpc) is 3.16. The fourth-order valence-corrected chi connectivity index (χ4v) is 2.94. The van der Waals surface area contributed by atoms with Gasteiger partial charge in [0.25, 0.3) is 0 Å². The summed E-state index contributed by atoms with van der Waals surface area (Å²) < 4.78 is 4.58. The second-order valence-electron chi connectivity index (χ2n) is 4.69. The Hall–Kier alpha value is -3.00. The van der Waals surface area contributed by atoms with E-state index in [4.69, 9.17) is 0 Å². The van der Waals surface area contributed by atoms with Gasteiger partial charge in [-0.25, -0.2) is 14.2 Å². The van der Waals surface area contributed by atoms with Gasteiger partial charge in [-0.1, -0.05) is 12.1 Å². The van der Waals surface area contributed by atoms with Gasteiger partial charge in [-0.3, -0.25) is 0 Å². The van der Waals surface area contributed by atoms with Crippen LogP contribution in [0.4, 0.5) is 0 Å². The molecule has 1 aromatic carbocycles. The third-order valence-corrected chi connectivity index (χ3v) is 4.12. The topological polar surface area (TPSA) is 114 Å². The van der Waals surface area contributed by atoms with Gasteiger partial charge in [0.15, 0.2) is 0 Å². The van der Waals surface area contributed by atoms with E-state index in [1.54, 1.807) is 12.1 Å². The van der Waals surface area contributed by atoms with Crippen LogP contribution in [0.3, 0.4) is 0 Å². The van der Waals surface area contributed by atoms with Crippen molar-refractivity contribution in [3.8, 4) is 0 Å². The maximum absolute atomic E-state index is 11.7. The molecule has 0 amide bonds. The Balaban J connectivity index is 2.16. The number of rotatable bonds is 5. The third-order valence-electron chi connectivity index (χ3n) is 3.25. The van der Waals surface area contributed by atoms with Gasteiger partial charge in [0, 0.05) is 11.3 Å². The molecule has 2 N–H and O–H groups in total. The molecule has 0 atom stereocenters. The van der Waals surface area contributed by atoms with Crippen LogP contribution in [0, 0.1) is 0 Å². The van der Waals surface area contributed by atoms with Crippen LogP contribution in [0.1, 0.15) is 10.4 Å². The van der Waals surface area contributed by atoms with Crippen LogP contribution in [0.25, 0.3) is 16.6 Å². The second kappa shape index (κ2) is 6.01. The van der Waals surface area contributed by atoms with E-state index in [2.05, 4.69) is 14.9 Å². The predicted molar refractivity (Wildman–Crippen MR) is 82.0 cm³/mol. The van der Waals surface area contributed by atoms with E-state index >= 15 is 0 Å². The number of hydrogen-bond acceptors (Lipinski definition) is 6. The van der Waals surface area contributed by atoms with Gasteiger partial charge in [-0.2, -0.15) is 0 Å². The van der Waals surface area contributed by atoms with Crippen LogP contribution in [-0.2, 0) is 16.0 Å². The molecule has 0 aliphatic carbocycles. The number of fused-ring (bicyclic) bond motifs is 1. The van der Waals surface area contributed by atoms with Crippen molar-refractivity contribution in [2.24, 2.45) is 0 Å². The van der Waals surface area contributed by atoms with Gasteiger partial charge in [0.05, 0.1) is 11.1 Å². The molecule has 0 saturated heterocycles. The van der Waals surface area contributed by atoms with E-state index in [1.807, 2.05) is 5.38 Å². The minimum Gasteiger partial charge on any atom is -0.478 e.